The van der Waals surface area contributed by atoms with E-state index in [0.717, 1.165) is 21.6 Å². The summed E-state index contributed by atoms with van der Waals surface area (Å²) in [6.07, 6.45) is 3.65. The van der Waals surface area contributed by atoms with E-state index in [-0.39, 0.29) is 0 Å². The summed E-state index contributed by atoms with van der Waals surface area (Å²) in [5.41, 5.74) is 2.09. The predicted molar refractivity (Wildman–Crippen MR) is 85.5 cm³/mol. The molecule has 1 aromatic carbocycles. The van der Waals surface area contributed by atoms with Crippen LogP contribution in [-0.2, 0) is 0 Å². The van der Waals surface area contributed by atoms with Gasteiger partial charge in [0.2, 0.25) is 11.2 Å². The third kappa shape index (κ3) is 1.93. The molecular weight excluding hydrogens is 274 g/mol. The lowest BCUT2D eigenvalue weighted by Crippen LogP contribution is -2.30. The molecule has 0 spiro atoms. The van der Waals surface area contributed by atoms with E-state index in [2.05, 4.69) is 4.98 Å². The minimum absolute atomic E-state index is 0.606. The van der Waals surface area contributed by atoms with Crippen LogP contribution >= 0.6 is 0 Å². The Morgan fingerprint density at radius 2 is 1.73 bits per heavy atom. The van der Waals surface area contributed by atoms with Gasteiger partial charge in [-0.1, -0.05) is 18.2 Å². The highest BCUT2D eigenvalue weighted by Crippen LogP contribution is 2.22. The van der Waals surface area contributed by atoms with Gasteiger partial charge in [-0.25, -0.2) is 4.98 Å². The Bertz CT molecular complexity index is 945. The lowest BCUT2D eigenvalue weighted by atomic mass is 10.2. The fourth-order valence-corrected chi connectivity index (χ4v) is 2.65. The molecule has 0 aliphatic carbocycles. The zero-order valence-corrected chi connectivity index (χ0v) is 11.8. The smallest absolute Gasteiger partial charge is 0.241 e. The molecule has 3 heterocycles. The Kier molecular flexibility index (Phi) is 2.86. The first-order chi connectivity index (χ1) is 10.8. The molecule has 0 N–H and O–H groups in total. The molecule has 4 heteroatoms. The zero-order chi connectivity index (χ0) is 14.9. The van der Waals surface area contributed by atoms with Crippen molar-refractivity contribution in [2.45, 2.75) is 0 Å². The molecule has 0 amide bonds. The minimum atomic E-state index is 0.606. The van der Waals surface area contributed by atoms with Crippen LogP contribution < -0.4 is 4.73 Å². The highest BCUT2D eigenvalue weighted by molar-refractivity contribution is 5.77. The Morgan fingerprint density at radius 3 is 2.59 bits per heavy atom. The van der Waals surface area contributed by atoms with E-state index in [1.807, 2.05) is 77.5 Å². The van der Waals surface area contributed by atoms with Gasteiger partial charge in [0.15, 0.2) is 0 Å². The number of fused-ring (bicyclic) bond motifs is 1. The summed E-state index contributed by atoms with van der Waals surface area (Å²) >= 11 is 0. The normalized spacial score (nSPS) is 10.9. The van der Waals surface area contributed by atoms with Crippen molar-refractivity contribution in [3.05, 3.63) is 84.3 Å². The van der Waals surface area contributed by atoms with Gasteiger partial charge in [0, 0.05) is 29.9 Å². The molecule has 4 aromatic rings. The first-order valence-corrected chi connectivity index (χ1v) is 7.05. The summed E-state index contributed by atoms with van der Waals surface area (Å²) in [6, 6.07) is 20.9. The Hall–Kier alpha value is -3.14. The second-order valence-corrected chi connectivity index (χ2v) is 5.02. The second-order valence-electron chi connectivity index (χ2n) is 5.02. The number of rotatable bonds is 2. The molecule has 0 radical (unpaired) electrons. The highest BCUT2D eigenvalue weighted by Gasteiger charge is 2.16. The highest BCUT2D eigenvalue weighted by atomic mass is 16.5. The Morgan fingerprint density at radius 1 is 0.864 bits per heavy atom. The van der Waals surface area contributed by atoms with Gasteiger partial charge in [-0.3, -0.25) is 4.57 Å². The van der Waals surface area contributed by atoms with Crippen LogP contribution in [0.2, 0.25) is 0 Å². The van der Waals surface area contributed by atoms with E-state index >= 15 is 0 Å². The van der Waals surface area contributed by atoms with E-state index in [9.17, 15) is 5.21 Å². The van der Waals surface area contributed by atoms with E-state index in [4.69, 9.17) is 0 Å². The molecule has 4 rings (SSSR count). The monoisotopic (exact) mass is 287 g/mol. The molecule has 4 nitrogen and oxygen atoms in total. The summed E-state index contributed by atoms with van der Waals surface area (Å²) in [5, 5.41) is 13.6. The van der Waals surface area contributed by atoms with Gasteiger partial charge in [0.25, 0.3) is 0 Å². The fraction of sp³-hybridized carbons (Fsp3) is 0. The molecule has 3 aromatic heterocycles. The van der Waals surface area contributed by atoms with Crippen molar-refractivity contribution >= 4 is 10.9 Å². The van der Waals surface area contributed by atoms with Crippen molar-refractivity contribution in [3.8, 4) is 17.2 Å². The average Bonchev–Trinajstić information content (AvgIpc) is 3.06. The van der Waals surface area contributed by atoms with Gasteiger partial charge in [-0.2, -0.15) is 4.73 Å². The van der Waals surface area contributed by atoms with Crippen LogP contribution in [0, 0.1) is 5.21 Å². The third-order valence-corrected chi connectivity index (χ3v) is 3.70. The molecule has 106 valence electrons. The molecule has 0 atom stereocenters. The van der Waals surface area contributed by atoms with Crippen LogP contribution in [0.5, 0.6) is 0 Å². The van der Waals surface area contributed by atoms with E-state index in [1.54, 1.807) is 6.20 Å². The van der Waals surface area contributed by atoms with Crippen LogP contribution in [0.25, 0.3) is 28.1 Å². The first-order valence-electron chi connectivity index (χ1n) is 7.05. The van der Waals surface area contributed by atoms with E-state index in [1.165, 1.54) is 0 Å². The third-order valence-electron chi connectivity index (χ3n) is 3.70. The van der Waals surface area contributed by atoms with Crippen LogP contribution in [0.15, 0.2) is 79.1 Å². The van der Waals surface area contributed by atoms with Gasteiger partial charge in [0.1, 0.15) is 11.5 Å². The number of nitrogens with zero attached hydrogens (tertiary/aromatic N) is 3. The maximum absolute atomic E-state index is 12.7. The van der Waals surface area contributed by atoms with E-state index in [0.29, 0.717) is 11.2 Å². The molecule has 22 heavy (non-hydrogen) atoms. The second kappa shape index (κ2) is 5.00. The Labute approximate surface area is 127 Å². The Balaban J connectivity index is 1.94. The largest absolute Gasteiger partial charge is 0.618 e. The van der Waals surface area contributed by atoms with Crippen LogP contribution in [0.1, 0.15) is 0 Å². The maximum Gasteiger partial charge on any atom is 0.241 e. The van der Waals surface area contributed by atoms with E-state index < -0.39 is 0 Å². The van der Waals surface area contributed by atoms with Crippen molar-refractivity contribution in [1.82, 2.24) is 9.55 Å². The topological polar surface area (TPSA) is 44.8 Å². The number of para-hydroxylation sites is 1. The molecule has 0 fully saturated rings. The summed E-state index contributed by atoms with van der Waals surface area (Å²) in [7, 11) is 0. The molecule has 0 saturated heterocycles. The first kappa shape index (κ1) is 12.6. The predicted octanol–water partition coefficient (Wildman–Crippen LogP) is 3.33. The van der Waals surface area contributed by atoms with Crippen molar-refractivity contribution < 1.29 is 4.73 Å². The van der Waals surface area contributed by atoms with Crippen molar-refractivity contribution in [2.75, 3.05) is 0 Å². The van der Waals surface area contributed by atoms with Gasteiger partial charge in [-0.15, -0.1) is 0 Å². The van der Waals surface area contributed by atoms with Crippen LogP contribution in [-0.4, -0.2) is 9.55 Å². The van der Waals surface area contributed by atoms with Crippen molar-refractivity contribution in [1.29, 1.82) is 0 Å². The SMILES string of the molecule is [O-][n+]1c(-c2cccn2-c2ccccn2)ccc2ccccc21. The molecular formula is C18H13N3O. The van der Waals surface area contributed by atoms with Crippen molar-refractivity contribution in [3.63, 3.8) is 0 Å². The van der Waals surface area contributed by atoms with Gasteiger partial charge in [0.05, 0.1) is 0 Å². The lowest BCUT2D eigenvalue weighted by molar-refractivity contribution is -0.565. The number of benzene rings is 1. The summed E-state index contributed by atoms with van der Waals surface area (Å²) < 4.78 is 2.89. The summed E-state index contributed by atoms with van der Waals surface area (Å²) in [4.78, 5) is 4.35. The number of hydrogen-bond donors (Lipinski definition) is 0. The summed E-state index contributed by atoms with van der Waals surface area (Å²) in [5.74, 6) is 0.788. The molecule has 0 aliphatic heterocycles. The molecule has 0 unspecified atom stereocenters. The number of aromatic nitrogens is 3. The van der Waals surface area contributed by atoms with Crippen LogP contribution in [0.4, 0.5) is 0 Å². The standard InChI is InChI=1S/C18H13N3O/c22-21-15-7-2-1-6-14(15)10-11-17(21)16-8-5-13-20(16)18-9-3-4-12-19-18/h1-13H. The van der Waals surface area contributed by atoms with Gasteiger partial charge in [-0.05, 0) is 36.4 Å². The number of pyridine rings is 2. The van der Waals surface area contributed by atoms with Gasteiger partial charge < -0.3 is 5.21 Å². The maximum atomic E-state index is 12.7. The molecule has 0 bridgehead atoms. The zero-order valence-electron chi connectivity index (χ0n) is 11.8. The summed E-state index contributed by atoms with van der Waals surface area (Å²) in [6.45, 7) is 0. The average molecular weight is 287 g/mol. The lowest BCUT2D eigenvalue weighted by Gasteiger charge is -2.10. The minimum Gasteiger partial charge on any atom is -0.618 e. The quantitative estimate of drug-likeness (QED) is 0.419. The molecule has 0 saturated carbocycles. The molecule has 0 aliphatic rings. The van der Waals surface area contributed by atoms with Crippen LogP contribution in [0.3, 0.4) is 0 Å². The fourth-order valence-electron chi connectivity index (χ4n) is 2.65. The number of hydrogen-bond acceptors (Lipinski definition) is 2. The van der Waals surface area contributed by atoms with Crippen molar-refractivity contribution in [2.24, 2.45) is 0 Å². The van der Waals surface area contributed by atoms with Gasteiger partial charge >= 0.3 is 0 Å².